The maximum absolute atomic E-state index is 13.1. The van der Waals surface area contributed by atoms with E-state index in [0.717, 1.165) is 15.6 Å². The Labute approximate surface area is 196 Å². The van der Waals surface area contributed by atoms with Gasteiger partial charge >= 0.3 is 0 Å². The summed E-state index contributed by atoms with van der Waals surface area (Å²) in [4.78, 5) is 27.5. The summed E-state index contributed by atoms with van der Waals surface area (Å²) in [5.41, 5.74) is 1.72. The van der Waals surface area contributed by atoms with Crippen LogP contribution in [0.25, 0.3) is 0 Å². The predicted molar refractivity (Wildman–Crippen MR) is 130 cm³/mol. The summed E-state index contributed by atoms with van der Waals surface area (Å²) in [6.07, 6.45) is 0. The highest BCUT2D eigenvalue weighted by molar-refractivity contribution is 9.10. The number of hydrogen-bond acceptors (Lipinski definition) is 3. The monoisotopic (exact) mass is 510 g/mol. The average Bonchev–Trinajstić information content (AvgIpc) is 2.67. The van der Waals surface area contributed by atoms with E-state index in [2.05, 4.69) is 21.2 Å². The first-order chi connectivity index (χ1) is 14.0. The number of nitrogens with zero attached hydrogens (tertiary/aromatic N) is 1. The molecule has 162 valence electrons. The van der Waals surface area contributed by atoms with Gasteiger partial charge in [-0.25, -0.2) is 0 Å². The van der Waals surface area contributed by atoms with Gasteiger partial charge in [0.25, 0.3) is 0 Å². The van der Waals surface area contributed by atoms with Crippen LogP contribution in [0.15, 0.2) is 53.0 Å². The third-order valence-corrected chi connectivity index (χ3v) is 6.11. The van der Waals surface area contributed by atoms with Crippen LogP contribution in [0, 0.1) is 0 Å². The Morgan fingerprint density at radius 3 is 2.20 bits per heavy atom. The first-order valence-corrected chi connectivity index (χ1v) is 12.1. The fraction of sp³-hybridized carbons (Fsp3) is 0.391. The van der Waals surface area contributed by atoms with E-state index in [1.165, 1.54) is 11.8 Å². The lowest BCUT2D eigenvalue weighted by Gasteiger charge is -2.31. The zero-order valence-corrected chi connectivity index (χ0v) is 20.9. The summed E-state index contributed by atoms with van der Waals surface area (Å²) >= 11 is 10.9. The Kier molecular flexibility index (Phi) is 9.26. The Morgan fingerprint density at radius 2 is 1.63 bits per heavy atom. The van der Waals surface area contributed by atoms with Crippen molar-refractivity contribution >= 4 is 51.1 Å². The maximum atomic E-state index is 13.1. The van der Waals surface area contributed by atoms with Gasteiger partial charge in [0.1, 0.15) is 6.04 Å². The van der Waals surface area contributed by atoms with Crippen molar-refractivity contribution in [1.82, 2.24) is 10.2 Å². The molecule has 2 aromatic rings. The standard InChI is InChI=1S/C23H28BrClN2O2S/c1-16(22(29)26-23(2,3)4)27(13-17-5-9-19(24)10-6-17)21(28)15-30-14-18-7-11-20(25)12-8-18/h5-12,16H,13-15H2,1-4H3,(H,26,29). The minimum Gasteiger partial charge on any atom is -0.350 e. The van der Waals surface area contributed by atoms with E-state index in [1.54, 1.807) is 11.8 Å². The Morgan fingerprint density at radius 1 is 1.07 bits per heavy atom. The quantitative estimate of drug-likeness (QED) is 0.497. The Balaban J connectivity index is 2.08. The van der Waals surface area contributed by atoms with Crippen LogP contribution >= 0.6 is 39.3 Å². The molecule has 2 aromatic carbocycles. The van der Waals surface area contributed by atoms with Crippen molar-refractivity contribution in [3.63, 3.8) is 0 Å². The molecule has 1 atom stereocenters. The van der Waals surface area contributed by atoms with Crippen LogP contribution in [-0.4, -0.2) is 34.0 Å². The van der Waals surface area contributed by atoms with Gasteiger partial charge in [0, 0.05) is 27.3 Å². The molecular formula is C23H28BrClN2O2S. The third kappa shape index (κ3) is 8.32. The average molecular weight is 512 g/mol. The number of thioether (sulfide) groups is 1. The lowest BCUT2D eigenvalue weighted by atomic mass is 10.1. The topological polar surface area (TPSA) is 49.4 Å². The number of benzene rings is 2. The normalized spacial score (nSPS) is 12.3. The van der Waals surface area contributed by atoms with E-state index in [1.807, 2.05) is 69.3 Å². The predicted octanol–water partition coefficient (Wildman–Crippen LogP) is 5.67. The highest BCUT2D eigenvalue weighted by Crippen LogP contribution is 2.19. The van der Waals surface area contributed by atoms with Crippen LogP contribution in [0.2, 0.25) is 5.02 Å². The zero-order chi connectivity index (χ0) is 22.3. The summed E-state index contributed by atoms with van der Waals surface area (Å²) in [5, 5.41) is 3.67. The lowest BCUT2D eigenvalue weighted by Crippen LogP contribution is -2.52. The van der Waals surface area contributed by atoms with Gasteiger partial charge in [-0.1, -0.05) is 51.8 Å². The molecule has 0 aliphatic carbocycles. The van der Waals surface area contributed by atoms with Gasteiger partial charge in [-0.15, -0.1) is 11.8 Å². The molecule has 0 aromatic heterocycles. The smallest absolute Gasteiger partial charge is 0.242 e. The SMILES string of the molecule is CC(C(=O)NC(C)(C)C)N(Cc1ccc(Br)cc1)C(=O)CSCc1ccc(Cl)cc1. The zero-order valence-electron chi connectivity index (χ0n) is 17.7. The molecule has 2 rings (SSSR count). The van der Waals surface area contributed by atoms with Crippen molar-refractivity contribution in [1.29, 1.82) is 0 Å². The van der Waals surface area contributed by atoms with Gasteiger partial charge in [-0.05, 0) is 63.1 Å². The molecule has 0 heterocycles. The van der Waals surface area contributed by atoms with Crippen LogP contribution in [0.4, 0.5) is 0 Å². The molecule has 0 saturated heterocycles. The number of rotatable bonds is 8. The molecule has 0 bridgehead atoms. The van der Waals surface area contributed by atoms with E-state index in [9.17, 15) is 9.59 Å². The summed E-state index contributed by atoms with van der Waals surface area (Å²) in [6.45, 7) is 7.95. The third-order valence-electron chi connectivity index (χ3n) is 4.34. The molecule has 30 heavy (non-hydrogen) atoms. The summed E-state index contributed by atoms with van der Waals surface area (Å²) in [7, 11) is 0. The molecule has 4 nitrogen and oxygen atoms in total. The second-order valence-corrected chi connectivity index (χ2v) is 10.5. The lowest BCUT2D eigenvalue weighted by molar-refractivity contribution is -0.139. The van der Waals surface area contributed by atoms with E-state index >= 15 is 0 Å². The van der Waals surface area contributed by atoms with E-state index < -0.39 is 6.04 Å². The van der Waals surface area contributed by atoms with Crippen molar-refractivity contribution in [2.75, 3.05) is 5.75 Å². The van der Waals surface area contributed by atoms with Gasteiger partial charge in [0.2, 0.25) is 11.8 Å². The molecule has 1 unspecified atom stereocenters. The molecule has 0 spiro atoms. The Hall–Kier alpha value is -1.50. The number of carbonyl (C=O) groups excluding carboxylic acids is 2. The van der Waals surface area contributed by atoms with Crippen molar-refractivity contribution in [3.05, 3.63) is 69.2 Å². The fourth-order valence-corrected chi connectivity index (χ4v) is 4.02. The first-order valence-electron chi connectivity index (χ1n) is 9.73. The summed E-state index contributed by atoms with van der Waals surface area (Å²) in [5.74, 6) is 0.785. The first kappa shape index (κ1) is 24.8. The summed E-state index contributed by atoms with van der Waals surface area (Å²) in [6, 6.07) is 14.8. The van der Waals surface area contributed by atoms with Gasteiger partial charge in [-0.2, -0.15) is 0 Å². The van der Waals surface area contributed by atoms with Crippen molar-refractivity contribution < 1.29 is 9.59 Å². The van der Waals surface area contributed by atoms with Crippen LogP contribution in [0.3, 0.4) is 0 Å². The van der Waals surface area contributed by atoms with Crippen molar-refractivity contribution in [2.45, 2.75) is 51.6 Å². The highest BCUT2D eigenvalue weighted by Gasteiger charge is 2.28. The van der Waals surface area contributed by atoms with Crippen LogP contribution < -0.4 is 5.32 Å². The van der Waals surface area contributed by atoms with E-state index in [-0.39, 0.29) is 17.4 Å². The van der Waals surface area contributed by atoms with Gasteiger partial charge < -0.3 is 10.2 Å². The molecular weight excluding hydrogens is 484 g/mol. The minimum absolute atomic E-state index is 0.0616. The number of amides is 2. The molecule has 0 aliphatic rings. The second kappa shape index (κ2) is 11.2. The number of halogens is 2. The second-order valence-electron chi connectivity index (χ2n) is 8.18. The van der Waals surface area contributed by atoms with Crippen LogP contribution in [0.1, 0.15) is 38.8 Å². The van der Waals surface area contributed by atoms with Gasteiger partial charge in [0.15, 0.2) is 0 Å². The highest BCUT2D eigenvalue weighted by atomic mass is 79.9. The van der Waals surface area contributed by atoms with Gasteiger partial charge in [0.05, 0.1) is 5.75 Å². The van der Waals surface area contributed by atoms with Gasteiger partial charge in [-0.3, -0.25) is 9.59 Å². The van der Waals surface area contributed by atoms with Crippen LogP contribution in [-0.2, 0) is 21.9 Å². The largest absolute Gasteiger partial charge is 0.350 e. The molecule has 0 aliphatic heterocycles. The number of nitrogens with one attached hydrogen (secondary N) is 1. The summed E-state index contributed by atoms with van der Waals surface area (Å²) < 4.78 is 0.973. The van der Waals surface area contributed by atoms with Crippen molar-refractivity contribution in [3.8, 4) is 0 Å². The van der Waals surface area contributed by atoms with E-state index in [0.29, 0.717) is 23.1 Å². The molecule has 0 saturated carbocycles. The van der Waals surface area contributed by atoms with Crippen molar-refractivity contribution in [2.24, 2.45) is 0 Å². The molecule has 2 amide bonds. The minimum atomic E-state index is -0.573. The van der Waals surface area contributed by atoms with E-state index in [4.69, 9.17) is 11.6 Å². The molecule has 7 heteroatoms. The number of carbonyl (C=O) groups is 2. The molecule has 0 radical (unpaired) electrons. The Bertz CT molecular complexity index is 851. The van der Waals surface area contributed by atoms with Crippen LogP contribution in [0.5, 0.6) is 0 Å². The maximum Gasteiger partial charge on any atom is 0.242 e. The number of hydrogen-bond donors (Lipinski definition) is 1. The molecule has 0 fully saturated rings. The molecule has 1 N–H and O–H groups in total. The fourth-order valence-electron chi connectivity index (χ4n) is 2.76.